The Hall–Kier alpha value is -2.27. The number of benzene rings is 1. The summed E-state index contributed by atoms with van der Waals surface area (Å²) in [6, 6.07) is 10.9. The molecule has 3 rings (SSSR count). The fourth-order valence-electron chi connectivity index (χ4n) is 2.74. The van der Waals surface area contributed by atoms with Crippen molar-refractivity contribution in [3.05, 3.63) is 53.3 Å². The molecule has 0 bridgehead atoms. The van der Waals surface area contributed by atoms with Crippen molar-refractivity contribution in [2.75, 3.05) is 25.5 Å². The third-order valence-electron chi connectivity index (χ3n) is 3.98. The number of hydrogen-bond acceptors (Lipinski definition) is 3. The SMILES string of the molecule is COc1cc(NC(=O)N2CCC(c3ccccn3)C2)ccc1Cl. The van der Waals surface area contributed by atoms with Gasteiger partial charge in [-0.2, -0.15) is 0 Å². The summed E-state index contributed by atoms with van der Waals surface area (Å²) in [5.41, 5.74) is 1.70. The average molecular weight is 332 g/mol. The first kappa shape index (κ1) is 15.6. The van der Waals surface area contributed by atoms with Crippen LogP contribution in [0.5, 0.6) is 5.75 Å². The average Bonchev–Trinajstić information content (AvgIpc) is 3.07. The number of methoxy groups -OCH3 is 1. The molecule has 2 aromatic rings. The van der Waals surface area contributed by atoms with Gasteiger partial charge in [-0.25, -0.2) is 4.79 Å². The molecule has 1 fully saturated rings. The van der Waals surface area contributed by atoms with Crippen molar-refractivity contribution >= 4 is 23.3 Å². The van der Waals surface area contributed by atoms with E-state index in [1.807, 2.05) is 18.2 Å². The predicted molar refractivity (Wildman–Crippen MR) is 90.2 cm³/mol. The van der Waals surface area contributed by atoms with Crippen LogP contribution in [0.3, 0.4) is 0 Å². The van der Waals surface area contributed by atoms with Gasteiger partial charge in [0.15, 0.2) is 0 Å². The number of likely N-dealkylation sites (tertiary alicyclic amines) is 1. The van der Waals surface area contributed by atoms with Crippen LogP contribution in [0.25, 0.3) is 0 Å². The molecular weight excluding hydrogens is 314 g/mol. The predicted octanol–water partition coefficient (Wildman–Crippen LogP) is 3.77. The monoisotopic (exact) mass is 331 g/mol. The lowest BCUT2D eigenvalue weighted by Gasteiger charge is -2.18. The maximum absolute atomic E-state index is 12.4. The summed E-state index contributed by atoms with van der Waals surface area (Å²) in [4.78, 5) is 18.6. The summed E-state index contributed by atoms with van der Waals surface area (Å²) in [6.45, 7) is 1.39. The van der Waals surface area contributed by atoms with E-state index in [9.17, 15) is 4.79 Å². The van der Waals surface area contributed by atoms with Crippen molar-refractivity contribution in [1.29, 1.82) is 0 Å². The van der Waals surface area contributed by atoms with E-state index in [-0.39, 0.29) is 6.03 Å². The summed E-state index contributed by atoms with van der Waals surface area (Å²) < 4.78 is 5.16. The standard InChI is InChI=1S/C17H18ClN3O2/c1-23-16-10-13(5-6-14(16)18)20-17(22)21-9-7-12(11-21)15-4-2-3-8-19-15/h2-6,8,10,12H,7,9,11H2,1H3,(H,20,22). The zero-order chi connectivity index (χ0) is 16.2. The van der Waals surface area contributed by atoms with Crippen molar-refractivity contribution in [3.63, 3.8) is 0 Å². The Morgan fingerprint density at radius 3 is 3.00 bits per heavy atom. The molecule has 2 heterocycles. The molecule has 1 aliphatic rings. The molecule has 0 radical (unpaired) electrons. The van der Waals surface area contributed by atoms with Gasteiger partial charge in [0.05, 0.1) is 12.1 Å². The van der Waals surface area contributed by atoms with Gasteiger partial charge in [-0.1, -0.05) is 17.7 Å². The highest BCUT2D eigenvalue weighted by atomic mass is 35.5. The third kappa shape index (κ3) is 3.56. The van der Waals surface area contributed by atoms with Gasteiger partial charge in [-0.3, -0.25) is 4.98 Å². The molecule has 1 unspecified atom stereocenters. The van der Waals surface area contributed by atoms with Gasteiger partial charge in [0.1, 0.15) is 5.75 Å². The molecule has 1 aliphatic heterocycles. The second-order valence-corrected chi connectivity index (χ2v) is 5.87. The highest BCUT2D eigenvalue weighted by molar-refractivity contribution is 6.32. The van der Waals surface area contributed by atoms with Gasteiger partial charge in [0.25, 0.3) is 0 Å². The van der Waals surface area contributed by atoms with Crippen LogP contribution < -0.4 is 10.1 Å². The number of rotatable bonds is 3. The van der Waals surface area contributed by atoms with Gasteiger partial charge >= 0.3 is 6.03 Å². The summed E-state index contributed by atoms with van der Waals surface area (Å²) >= 11 is 5.99. The van der Waals surface area contributed by atoms with Crippen LogP contribution in [-0.4, -0.2) is 36.1 Å². The van der Waals surface area contributed by atoms with Gasteiger partial charge in [-0.05, 0) is 30.7 Å². The molecule has 6 heteroatoms. The molecule has 1 aromatic carbocycles. The molecule has 0 spiro atoms. The number of halogens is 1. The molecule has 2 amide bonds. The number of ether oxygens (including phenoxy) is 1. The van der Waals surface area contributed by atoms with Crippen molar-refractivity contribution in [1.82, 2.24) is 9.88 Å². The van der Waals surface area contributed by atoms with E-state index in [0.29, 0.717) is 28.9 Å². The molecule has 120 valence electrons. The zero-order valence-corrected chi connectivity index (χ0v) is 13.6. The summed E-state index contributed by atoms with van der Waals surface area (Å²) in [6.07, 6.45) is 2.71. The van der Waals surface area contributed by atoms with Crippen LogP contribution in [0.1, 0.15) is 18.0 Å². The first-order valence-corrected chi connectivity index (χ1v) is 7.85. The van der Waals surface area contributed by atoms with Crippen molar-refractivity contribution < 1.29 is 9.53 Å². The number of carbonyl (C=O) groups is 1. The minimum absolute atomic E-state index is 0.118. The van der Waals surface area contributed by atoms with Gasteiger partial charge in [0, 0.05) is 42.7 Å². The maximum atomic E-state index is 12.4. The lowest BCUT2D eigenvalue weighted by Crippen LogP contribution is -2.32. The Bertz CT molecular complexity index is 693. The van der Waals surface area contributed by atoms with Crippen LogP contribution in [0.4, 0.5) is 10.5 Å². The van der Waals surface area contributed by atoms with Crippen LogP contribution in [-0.2, 0) is 0 Å². The Balaban J connectivity index is 1.63. The summed E-state index contributed by atoms with van der Waals surface area (Å²) in [7, 11) is 1.55. The van der Waals surface area contributed by atoms with Gasteiger partial charge < -0.3 is 15.0 Å². The van der Waals surface area contributed by atoms with E-state index in [0.717, 1.165) is 18.7 Å². The van der Waals surface area contributed by atoms with E-state index < -0.39 is 0 Å². The second kappa shape index (κ2) is 6.87. The quantitative estimate of drug-likeness (QED) is 0.931. The zero-order valence-electron chi connectivity index (χ0n) is 12.8. The molecule has 5 nitrogen and oxygen atoms in total. The number of pyridine rings is 1. The summed E-state index contributed by atoms with van der Waals surface area (Å²) in [5.74, 6) is 0.832. The van der Waals surface area contributed by atoms with Crippen LogP contribution >= 0.6 is 11.6 Å². The van der Waals surface area contributed by atoms with E-state index in [1.54, 1.807) is 36.4 Å². The molecule has 1 N–H and O–H groups in total. The molecule has 0 aliphatic carbocycles. The lowest BCUT2D eigenvalue weighted by atomic mass is 10.0. The number of anilines is 1. The summed E-state index contributed by atoms with van der Waals surface area (Å²) in [5, 5.41) is 3.40. The first-order valence-electron chi connectivity index (χ1n) is 7.48. The molecule has 0 saturated carbocycles. The van der Waals surface area contributed by atoms with Gasteiger partial charge in [0.2, 0.25) is 0 Å². The third-order valence-corrected chi connectivity index (χ3v) is 4.30. The van der Waals surface area contributed by atoms with Gasteiger partial charge in [-0.15, -0.1) is 0 Å². The number of aromatic nitrogens is 1. The van der Waals surface area contributed by atoms with Crippen LogP contribution in [0.2, 0.25) is 5.02 Å². The fraction of sp³-hybridized carbons (Fsp3) is 0.294. The molecule has 1 saturated heterocycles. The Kier molecular flexibility index (Phi) is 4.67. The van der Waals surface area contributed by atoms with E-state index in [1.165, 1.54) is 0 Å². The molecule has 1 aromatic heterocycles. The van der Waals surface area contributed by atoms with E-state index in [2.05, 4.69) is 10.3 Å². The smallest absolute Gasteiger partial charge is 0.321 e. The van der Waals surface area contributed by atoms with Crippen LogP contribution in [0, 0.1) is 0 Å². The number of hydrogen-bond donors (Lipinski definition) is 1. The van der Waals surface area contributed by atoms with E-state index in [4.69, 9.17) is 16.3 Å². The highest BCUT2D eigenvalue weighted by Gasteiger charge is 2.28. The van der Waals surface area contributed by atoms with Crippen molar-refractivity contribution in [2.24, 2.45) is 0 Å². The largest absolute Gasteiger partial charge is 0.495 e. The highest BCUT2D eigenvalue weighted by Crippen LogP contribution is 2.29. The van der Waals surface area contributed by atoms with Crippen molar-refractivity contribution in [2.45, 2.75) is 12.3 Å². The van der Waals surface area contributed by atoms with Crippen LogP contribution in [0.15, 0.2) is 42.6 Å². The molecule has 1 atom stereocenters. The Morgan fingerprint density at radius 2 is 2.26 bits per heavy atom. The van der Waals surface area contributed by atoms with Crippen molar-refractivity contribution in [3.8, 4) is 5.75 Å². The number of nitrogens with zero attached hydrogens (tertiary/aromatic N) is 2. The Labute approximate surface area is 140 Å². The maximum Gasteiger partial charge on any atom is 0.321 e. The second-order valence-electron chi connectivity index (χ2n) is 5.47. The Morgan fingerprint density at radius 1 is 1.39 bits per heavy atom. The first-order chi connectivity index (χ1) is 11.2. The minimum atomic E-state index is -0.118. The number of nitrogens with one attached hydrogen (secondary N) is 1. The normalized spacial score (nSPS) is 17.1. The fourth-order valence-corrected chi connectivity index (χ4v) is 2.94. The number of urea groups is 1. The minimum Gasteiger partial charge on any atom is -0.495 e. The van der Waals surface area contributed by atoms with E-state index >= 15 is 0 Å². The number of amides is 2. The molecular formula is C17H18ClN3O2. The number of carbonyl (C=O) groups excluding carboxylic acids is 1. The lowest BCUT2D eigenvalue weighted by molar-refractivity contribution is 0.222. The molecule has 23 heavy (non-hydrogen) atoms. The topological polar surface area (TPSA) is 54.5 Å².